The minimum Gasteiger partial charge on any atom is -0.374 e. The number of carbonyl (C=O) groups excluding carboxylic acids is 1. The van der Waals surface area contributed by atoms with Crippen molar-refractivity contribution in [3.05, 3.63) is 52.7 Å². The first kappa shape index (κ1) is 19.3. The van der Waals surface area contributed by atoms with Crippen LogP contribution >= 0.6 is 11.8 Å². The molecular weight excluding hydrogens is 354 g/mol. The summed E-state index contributed by atoms with van der Waals surface area (Å²) < 4.78 is 0. The zero-order valence-corrected chi connectivity index (χ0v) is 16.6. The number of hydrogen-bond acceptors (Lipinski definition) is 5. The van der Waals surface area contributed by atoms with E-state index in [1.54, 1.807) is 0 Å². The maximum atomic E-state index is 13.3. The first-order valence-corrected chi connectivity index (χ1v) is 10.1. The third kappa shape index (κ3) is 4.26. The van der Waals surface area contributed by atoms with Gasteiger partial charge in [0.15, 0.2) is 0 Å². The fourth-order valence-corrected chi connectivity index (χ4v) is 4.71. The molecule has 0 bridgehead atoms. The molecule has 0 N–H and O–H groups in total. The Kier molecular flexibility index (Phi) is 5.73. The second-order valence-electron chi connectivity index (χ2n) is 7.81. The molecule has 0 spiro atoms. The molecule has 0 atom stereocenters. The summed E-state index contributed by atoms with van der Waals surface area (Å²) in [6.07, 6.45) is 3.58. The molecule has 0 unspecified atom stereocenters. The lowest BCUT2D eigenvalue weighted by atomic mass is 9.72. The smallest absolute Gasteiger partial charge is 0.226 e. The molecule has 1 aromatic rings. The van der Waals surface area contributed by atoms with Crippen LogP contribution in [0.4, 0.5) is 0 Å². The molecule has 1 aliphatic heterocycles. The molecule has 1 saturated heterocycles. The van der Waals surface area contributed by atoms with Crippen LogP contribution in [-0.2, 0) is 4.79 Å². The van der Waals surface area contributed by atoms with Crippen molar-refractivity contribution in [3.8, 4) is 12.1 Å². The predicted molar refractivity (Wildman–Crippen MR) is 106 cm³/mol. The van der Waals surface area contributed by atoms with E-state index >= 15 is 0 Å². The summed E-state index contributed by atoms with van der Waals surface area (Å²) in [5.41, 5.74) is 2.19. The number of carbonyl (C=O) groups is 1. The highest BCUT2D eigenvalue weighted by Gasteiger charge is 2.38. The number of thioether (sulfide) groups is 1. The highest BCUT2D eigenvalue weighted by atomic mass is 32.2. The second-order valence-corrected chi connectivity index (χ2v) is 8.86. The Hall–Kier alpha value is -2.50. The summed E-state index contributed by atoms with van der Waals surface area (Å²) in [7, 11) is 0. The molecule has 138 valence electrons. The molecule has 0 amide bonds. The molecular formula is C22H23N3OS. The topological polar surface area (TPSA) is 67.9 Å². The van der Waals surface area contributed by atoms with E-state index in [1.165, 1.54) is 11.8 Å². The monoisotopic (exact) mass is 377 g/mol. The summed E-state index contributed by atoms with van der Waals surface area (Å²) in [6, 6.07) is 13.6. The maximum absolute atomic E-state index is 13.3. The van der Waals surface area contributed by atoms with Crippen LogP contribution < -0.4 is 0 Å². The van der Waals surface area contributed by atoms with Crippen LogP contribution in [0.1, 0.15) is 39.5 Å². The van der Waals surface area contributed by atoms with Crippen LogP contribution in [0.2, 0.25) is 0 Å². The maximum Gasteiger partial charge on any atom is 0.226 e. The van der Waals surface area contributed by atoms with Gasteiger partial charge in [0.25, 0.3) is 0 Å². The van der Waals surface area contributed by atoms with Crippen molar-refractivity contribution in [2.75, 3.05) is 13.1 Å². The summed E-state index contributed by atoms with van der Waals surface area (Å²) in [4.78, 5) is 16.5. The molecule has 27 heavy (non-hydrogen) atoms. The third-order valence-corrected chi connectivity index (χ3v) is 5.96. The van der Waals surface area contributed by atoms with Gasteiger partial charge in [-0.25, -0.2) is 0 Å². The fourth-order valence-electron chi connectivity index (χ4n) is 3.86. The SMILES string of the molecule is CC1(C)CC(=C(C#N)C#N)C(C(=O)Sc2ccccc2)=C(N2CCCC2)C1. The highest BCUT2D eigenvalue weighted by Crippen LogP contribution is 2.46. The molecule has 1 aliphatic carbocycles. The molecule has 3 rings (SSSR count). The van der Waals surface area contributed by atoms with Crippen LogP contribution in [0, 0.1) is 28.1 Å². The summed E-state index contributed by atoms with van der Waals surface area (Å²) in [5.74, 6) is 0. The summed E-state index contributed by atoms with van der Waals surface area (Å²) in [5, 5.41) is 18.9. The summed E-state index contributed by atoms with van der Waals surface area (Å²) in [6.45, 7) is 6.14. The van der Waals surface area contributed by atoms with Gasteiger partial charge in [-0.2, -0.15) is 10.5 Å². The van der Waals surface area contributed by atoms with E-state index in [0.717, 1.165) is 42.9 Å². The first-order chi connectivity index (χ1) is 12.9. The van der Waals surface area contributed by atoms with Gasteiger partial charge in [-0.3, -0.25) is 4.79 Å². The van der Waals surface area contributed by atoms with Gasteiger partial charge in [-0.15, -0.1) is 0 Å². The van der Waals surface area contributed by atoms with Crippen LogP contribution in [0.3, 0.4) is 0 Å². The average Bonchev–Trinajstić information content (AvgIpc) is 3.17. The Morgan fingerprint density at radius 2 is 1.70 bits per heavy atom. The zero-order valence-electron chi connectivity index (χ0n) is 15.8. The molecule has 0 aromatic heterocycles. The number of benzene rings is 1. The van der Waals surface area contributed by atoms with Crippen molar-refractivity contribution in [2.24, 2.45) is 5.41 Å². The van der Waals surface area contributed by atoms with E-state index in [9.17, 15) is 15.3 Å². The van der Waals surface area contributed by atoms with E-state index in [2.05, 4.69) is 18.7 Å². The fraction of sp³-hybridized carbons (Fsp3) is 0.409. The van der Waals surface area contributed by atoms with Gasteiger partial charge in [0.05, 0.1) is 5.57 Å². The van der Waals surface area contributed by atoms with E-state index in [-0.39, 0.29) is 16.1 Å². The van der Waals surface area contributed by atoms with Crippen LogP contribution in [-0.4, -0.2) is 23.1 Å². The Bertz CT molecular complexity index is 862. The lowest BCUT2D eigenvalue weighted by molar-refractivity contribution is -0.107. The van der Waals surface area contributed by atoms with Crippen LogP contribution in [0.25, 0.3) is 0 Å². The number of nitrogens with zero attached hydrogens (tertiary/aromatic N) is 3. The standard InChI is InChI=1S/C22H23N3OS/c1-22(2)12-18(16(14-23)15-24)20(19(13-22)25-10-6-7-11-25)21(26)27-17-8-4-3-5-9-17/h3-5,8-9H,6-7,10-13H2,1-2H3. The molecule has 1 heterocycles. The lowest BCUT2D eigenvalue weighted by Crippen LogP contribution is -2.32. The number of allylic oxidation sites excluding steroid dienone is 3. The second kappa shape index (κ2) is 8.03. The van der Waals surface area contributed by atoms with E-state index in [4.69, 9.17) is 0 Å². The minimum atomic E-state index is -0.0899. The summed E-state index contributed by atoms with van der Waals surface area (Å²) >= 11 is 1.18. The third-order valence-electron chi connectivity index (χ3n) is 5.06. The first-order valence-electron chi connectivity index (χ1n) is 9.24. The Labute approximate surface area is 165 Å². The quantitative estimate of drug-likeness (QED) is 0.558. The van der Waals surface area contributed by atoms with Crippen molar-refractivity contribution in [1.29, 1.82) is 10.5 Å². The normalized spacial score (nSPS) is 18.8. The Morgan fingerprint density at radius 1 is 1.07 bits per heavy atom. The van der Waals surface area contributed by atoms with Crippen LogP contribution in [0.5, 0.6) is 0 Å². The van der Waals surface area contributed by atoms with Gasteiger partial charge in [0.1, 0.15) is 17.7 Å². The molecule has 0 radical (unpaired) electrons. The van der Waals surface area contributed by atoms with Crippen molar-refractivity contribution in [1.82, 2.24) is 4.90 Å². The molecule has 5 heteroatoms. The van der Waals surface area contributed by atoms with E-state index < -0.39 is 0 Å². The predicted octanol–water partition coefficient (Wildman–Crippen LogP) is 4.82. The molecule has 0 saturated carbocycles. The lowest BCUT2D eigenvalue weighted by Gasteiger charge is -2.38. The molecule has 1 fully saturated rings. The van der Waals surface area contributed by atoms with Gasteiger partial charge in [-0.1, -0.05) is 32.0 Å². The van der Waals surface area contributed by atoms with Gasteiger partial charge >= 0.3 is 0 Å². The number of hydrogen-bond donors (Lipinski definition) is 0. The minimum absolute atomic E-state index is 0.0662. The largest absolute Gasteiger partial charge is 0.374 e. The van der Waals surface area contributed by atoms with Crippen molar-refractivity contribution in [3.63, 3.8) is 0 Å². The zero-order chi connectivity index (χ0) is 19.4. The van der Waals surface area contributed by atoms with Crippen molar-refractivity contribution >= 4 is 16.9 Å². The van der Waals surface area contributed by atoms with E-state index in [0.29, 0.717) is 17.6 Å². The molecule has 1 aromatic carbocycles. The van der Waals surface area contributed by atoms with Gasteiger partial charge in [0.2, 0.25) is 5.12 Å². The van der Waals surface area contributed by atoms with Gasteiger partial charge < -0.3 is 4.90 Å². The Balaban J connectivity index is 2.13. The van der Waals surface area contributed by atoms with E-state index in [1.807, 2.05) is 42.5 Å². The van der Waals surface area contributed by atoms with Crippen molar-refractivity contribution in [2.45, 2.75) is 44.4 Å². The van der Waals surface area contributed by atoms with Crippen LogP contribution in [0.15, 0.2) is 57.6 Å². The number of rotatable bonds is 3. The van der Waals surface area contributed by atoms with Crippen molar-refractivity contribution < 1.29 is 4.79 Å². The van der Waals surface area contributed by atoms with Gasteiger partial charge in [-0.05, 0) is 60.6 Å². The highest BCUT2D eigenvalue weighted by molar-refractivity contribution is 8.14. The Morgan fingerprint density at radius 3 is 2.30 bits per heavy atom. The number of nitriles is 2. The average molecular weight is 378 g/mol. The van der Waals surface area contributed by atoms with Gasteiger partial charge in [0, 0.05) is 23.7 Å². The molecule has 4 nitrogen and oxygen atoms in total. The molecule has 2 aliphatic rings. The number of likely N-dealkylation sites (tertiary alicyclic amines) is 1.